The number of amides is 2. The Balaban J connectivity index is 1.64. The molecule has 150 valence electrons. The largest absolute Gasteiger partial charge is 0.496 e. The number of anilines is 1. The van der Waals surface area contributed by atoms with Crippen LogP contribution in [0.4, 0.5) is 5.69 Å². The van der Waals surface area contributed by atoms with E-state index < -0.39 is 11.8 Å². The van der Waals surface area contributed by atoms with Gasteiger partial charge in [-0.2, -0.15) is 5.10 Å². The van der Waals surface area contributed by atoms with Crippen LogP contribution in [0.2, 0.25) is 0 Å². The first kappa shape index (κ1) is 20.1. The zero-order valence-corrected chi connectivity index (χ0v) is 16.7. The second-order valence-corrected chi connectivity index (χ2v) is 6.64. The maximum atomic E-state index is 12.4. The lowest BCUT2D eigenvalue weighted by Gasteiger charge is -2.10. The van der Waals surface area contributed by atoms with Crippen molar-refractivity contribution in [3.05, 3.63) is 77.1 Å². The zero-order valence-electron chi connectivity index (χ0n) is 16.7. The highest BCUT2D eigenvalue weighted by atomic mass is 16.5. The van der Waals surface area contributed by atoms with Gasteiger partial charge in [-0.15, -0.1) is 0 Å². The van der Waals surface area contributed by atoms with Crippen LogP contribution in [0, 0.1) is 13.8 Å². The molecule has 2 aromatic carbocycles. The number of para-hydroxylation sites is 1. The molecule has 1 heterocycles. The number of carbonyl (C=O) groups excluding carboxylic acids is 2. The average molecular weight is 392 g/mol. The van der Waals surface area contributed by atoms with Crippen molar-refractivity contribution in [3.8, 4) is 5.75 Å². The van der Waals surface area contributed by atoms with Crippen LogP contribution in [0.25, 0.3) is 0 Å². The monoisotopic (exact) mass is 392 g/mol. The van der Waals surface area contributed by atoms with E-state index in [1.165, 1.54) is 0 Å². The molecule has 29 heavy (non-hydrogen) atoms. The van der Waals surface area contributed by atoms with Crippen LogP contribution in [0.1, 0.15) is 22.5 Å². The molecule has 7 nitrogen and oxygen atoms in total. The highest BCUT2D eigenvalue weighted by molar-refractivity contribution is 6.39. The molecule has 7 heteroatoms. The van der Waals surface area contributed by atoms with Gasteiger partial charge >= 0.3 is 11.8 Å². The minimum Gasteiger partial charge on any atom is -0.496 e. The Kier molecular flexibility index (Phi) is 6.29. The fraction of sp³-hybridized carbons (Fsp3) is 0.227. The minimum absolute atomic E-state index is 0.196. The van der Waals surface area contributed by atoms with Crippen LogP contribution >= 0.6 is 0 Å². The van der Waals surface area contributed by atoms with Gasteiger partial charge < -0.3 is 15.4 Å². The predicted molar refractivity (Wildman–Crippen MR) is 111 cm³/mol. The molecular weight excluding hydrogens is 368 g/mol. The molecule has 0 aliphatic heterocycles. The number of aromatic nitrogens is 2. The summed E-state index contributed by atoms with van der Waals surface area (Å²) in [4.78, 5) is 24.6. The van der Waals surface area contributed by atoms with Gasteiger partial charge in [0, 0.05) is 12.1 Å². The van der Waals surface area contributed by atoms with Crippen LogP contribution in [0.15, 0.2) is 54.6 Å². The van der Waals surface area contributed by atoms with Gasteiger partial charge in [-0.25, -0.2) is 0 Å². The summed E-state index contributed by atoms with van der Waals surface area (Å²) in [5.74, 6) is -0.794. The number of aryl methyl sites for hydroxylation is 1. The molecule has 0 unspecified atom stereocenters. The van der Waals surface area contributed by atoms with Crippen LogP contribution in [-0.2, 0) is 22.7 Å². The molecule has 0 bridgehead atoms. The molecule has 0 fully saturated rings. The van der Waals surface area contributed by atoms with E-state index in [9.17, 15) is 9.59 Å². The van der Waals surface area contributed by atoms with Gasteiger partial charge in [-0.3, -0.25) is 14.3 Å². The lowest BCUT2D eigenvalue weighted by Crippen LogP contribution is -2.35. The van der Waals surface area contributed by atoms with E-state index in [1.807, 2.05) is 60.1 Å². The van der Waals surface area contributed by atoms with Gasteiger partial charge in [0.1, 0.15) is 5.75 Å². The molecule has 3 aromatic rings. The highest BCUT2D eigenvalue weighted by Gasteiger charge is 2.19. The van der Waals surface area contributed by atoms with Crippen LogP contribution in [0.3, 0.4) is 0 Å². The second-order valence-electron chi connectivity index (χ2n) is 6.64. The number of benzene rings is 2. The Morgan fingerprint density at radius 3 is 2.41 bits per heavy atom. The maximum Gasteiger partial charge on any atom is 0.313 e. The van der Waals surface area contributed by atoms with Crippen molar-refractivity contribution < 1.29 is 14.3 Å². The van der Waals surface area contributed by atoms with Crippen molar-refractivity contribution in [3.63, 3.8) is 0 Å². The molecule has 2 N–H and O–H groups in total. The van der Waals surface area contributed by atoms with E-state index in [2.05, 4.69) is 15.7 Å². The van der Waals surface area contributed by atoms with Gasteiger partial charge in [-0.1, -0.05) is 48.5 Å². The summed E-state index contributed by atoms with van der Waals surface area (Å²) in [6, 6.07) is 17.2. The standard InChI is InChI=1S/C22H24N4O3/c1-15-20(16(2)26(25-15)14-17-9-5-4-6-10-17)24-22(28)21(27)23-13-18-11-7-8-12-19(18)29-3/h4-12H,13-14H2,1-3H3,(H,23,27)(H,24,28). The summed E-state index contributed by atoms with van der Waals surface area (Å²) in [6.45, 7) is 4.45. The number of rotatable bonds is 6. The molecule has 0 saturated carbocycles. The van der Waals surface area contributed by atoms with Gasteiger partial charge in [0.25, 0.3) is 0 Å². The normalized spacial score (nSPS) is 10.4. The van der Waals surface area contributed by atoms with Gasteiger partial charge in [0.05, 0.1) is 30.7 Å². The van der Waals surface area contributed by atoms with Crippen molar-refractivity contribution in [2.24, 2.45) is 0 Å². The third-order valence-electron chi connectivity index (χ3n) is 4.63. The maximum absolute atomic E-state index is 12.4. The number of nitrogens with zero attached hydrogens (tertiary/aromatic N) is 2. The SMILES string of the molecule is COc1ccccc1CNC(=O)C(=O)Nc1c(C)nn(Cc2ccccc2)c1C. The lowest BCUT2D eigenvalue weighted by atomic mass is 10.2. The second kappa shape index (κ2) is 9.05. The van der Waals surface area contributed by atoms with E-state index in [4.69, 9.17) is 4.74 Å². The Labute approximate surface area is 169 Å². The number of carbonyl (C=O) groups is 2. The minimum atomic E-state index is -0.731. The quantitative estimate of drug-likeness (QED) is 0.632. The molecule has 1 aromatic heterocycles. The Hall–Kier alpha value is -3.61. The summed E-state index contributed by atoms with van der Waals surface area (Å²) in [5.41, 5.74) is 3.89. The Morgan fingerprint density at radius 2 is 1.69 bits per heavy atom. The van der Waals surface area contributed by atoms with E-state index in [-0.39, 0.29) is 6.54 Å². The van der Waals surface area contributed by atoms with Crippen molar-refractivity contribution in [1.29, 1.82) is 0 Å². The number of nitrogens with one attached hydrogen (secondary N) is 2. The average Bonchev–Trinajstić information content (AvgIpc) is 3.00. The molecule has 0 saturated heterocycles. The van der Waals surface area contributed by atoms with Crippen molar-refractivity contribution in [2.75, 3.05) is 12.4 Å². The molecular formula is C22H24N4O3. The predicted octanol–water partition coefficient (Wildman–Crippen LogP) is 2.81. The summed E-state index contributed by atoms with van der Waals surface area (Å²) in [7, 11) is 1.56. The first-order chi connectivity index (χ1) is 14.0. The third-order valence-corrected chi connectivity index (χ3v) is 4.63. The first-order valence-corrected chi connectivity index (χ1v) is 9.28. The molecule has 0 aliphatic carbocycles. The number of ether oxygens (including phenoxy) is 1. The fourth-order valence-electron chi connectivity index (χ4n) is 3.06. The molecule has 0 aliphatic rings. The van der Waals surface area contributed by atoms with E-state index in [1.54, 1.807) is 20.1 Å². The summed E-state index contributed by atoms with van der Waals surface area (Å²) >= 11 is 0. The lowest BCUT2D eigenvalue weighted by molar-refractivity contribution is -0.136. The number of hydrogen-bond acceptors (Lipinski definition) is 4. The van der Waals surface area contributed by atoms with Gasteiger partial charge in [0.2, 0.25) is 0 Å². The Bertz CT molecular complexity index is 1010. The van der Waals surface area contributed by atoms with Crippen LogP contribution < -0.4 is 15.4 Å². The van der Waals surface area contributed by atoms with E-state index >= 15 is 0 Å². The van der Waals surface area contributed by atoms with E-state index in [0.717, 1.165) is 16.8 Å². The summed E-state index contributed by atoms with van der Waals surface area (Å²) < 4.78 is 7.07. The van der Waals surface area contributed by atoms with Gasteiger partial charge in [0.15, 0.2) is 0 Å². The van der Waals surface area contributed by atoms with Crippen molar-refractivity contribution >= 4 is 17.5 Å². The smallest absolute Gasteiger partial charge is 0.313 e. The fourth-order valence-corrected chi connectivity index (χ4v) is 3.06. The summed E-state index contributed by atoms with van der Waals surface area (Å²) in [5, 5.41) is 9.79. The third kappa shape index (κ3) is 4.82. The van der Waals surface area contributed by atoms with Crippen LogP contribution in [-0.4, -0.2) is 28.7 Å². The topological polar surface area (TPSA) is 85.2 Å². The molecule has 0 atom stereocenters. The van der Waals surface area contributed by atoms with Crippen molar-refractivity contribution in [1.82, 2.24) is 15.1 Å². The van der Waals surface area contributed by atoms with Gasteiger partial charge in [-0.05, 0) is 25.5 Å². The summed E-state index contributed by atoms with van der Waals surface area (Å²) in [6.07, 6.45) is 0. The number of methoxy groups -OCH3 is 1. The molecule has 3 rings (SSSR count). The molecule has 0 radical (unpaired) electrons. The van der Waals surface area contributed by atoms with E-state index in [0.29, 0.717) is 23.7 Å². The zero-order chi connectivity index (χ0) is 20.8. The molecule has 0 spiro atoms. The van der Waals surface area contributed by atoms with Crippen LogP contribution in [0.5, 0.6) is 5.75 Å². The highest BCUT2D eigenvalue weighted by Crippen LogP contribution is 2.20. The Morgan fingerprint density at radius 1 is 1.00 bits per heavy atom. The molecule has 2 amide bonds. The first-order valence-electron chi connectivity index (χ1n) is 9.28. The number of hydrogen-bond donors (Lipinski definition) is 2. The van der Waals surface area contributed by atoms with Crippen molar-refractivity contribution in [2.45, 2.75) is 26.9 Å².